The van der Waals surface area contributed by atoms with Crippen molar-refractivity contribution in [3.8, 4) is 0 Å². The Hall–Kier alpha value is -1.36. The molecule has 5 heteroatoms. The fraction of sp³-hybridized carbons (Fsp3) is 0.875. The number of rotatable bonds is 5. The number of amides is 2. The normalized spacial score (nSPS) is 40.8. The van der Waals surface area contributed by atoms with Gasteiger partial charge in [-0.15, -0.1) is 0 Å². The average molecular weight is 513 g/mol. The largest absolute Gasteiger partial charge is 0.393 e. The van der Waals surface area contributed by atoms with Gasteiger partial charge in [0, 0.05) is 39.5 Å². The van der Waals surface area contributed by atoms with Gasteiger partial charge in [0.2, 0.25) is 11.8 Å². The lowest BCUT2D eigenvalue weighted by Crippen LogP contribution is -2.50. The van der Waals surface area contributed by atoms with Crippen LogP contribution in [0.3, 0.4) is 0 Å². The molecule has 0 aromatic rings. The van der Waals surface area contributed by atoms with Crippen LogP contribution in [0.15, 0.2) is 11.6 Å². The fourth-order valence-corrected chi connectivity index (χ4v) is 10.1. The Balaban J connectivity index is 1.18. The van der Waals surface area contributed by atoms with Crippen LogP contribution in [-0.2, 0) is 9.59 Å². The lowest BCUT2D eigenvalue weighted by Gasteiger charge is -2.58. The molecule has 1 saturated heterocycles. The molecule has 208 valence electrons. The van der Waals surface area contributed by atoms with Crippen LogP contribution in [-0.4, -0.2) is 59.0 Å². The molecule has 2 amide bonds. The summed E-state index contributed by atoms with van der Waals surface area (Å²) in [6, 6.07) is 0.272. The number of aliphatic hydroxyl groups excluding tert-OH is 1. The molecule has 0 spiro atoms. The van der Waals surface area contributed by atoms with Crippen molar-refractivity contribution in [2.75, 3.05) is 20.1 Å². The first-order valence-corrected chi connectivity index (χ1v) is 15.4. The summed E-state index contributed by atoms with van der Waals surface area (Å²) >= 11 is 0. The van der Waals surface area contributed by atoms with Crippen molar-refractivity contribution in [3.05, 3.63) is 11.6 Å². The lowest BCUT2D eigenvalue weighted by atomic mass is 9.47. The van der Waals surface area contributed by atoms with Crippen molar-refractivity contribution >= 4 is 11.8 Å². The Morgan fingerprint density at radius 3 is 2.51 bits per heavy atom. The third-order valence-corrected chi connectivity index (χ3v) is 12.5. The molecule has 0 radical (unpaired) electrons. The average Bonchev–Trinajstić information content (AvgIpc) is 3.24. The Morgan fingerprint density at radius 1 is 1.08 bits per heavy atom. The molecule has 1 N–H and O–H groups in total. The van der Waals surface area contributed by atoms with E-state index in [1.54, 1.807) is 12.5 Å². The second kappa shape index (κ2) is 10.3. The standard InChI is InChI=1S/C32H52N2O3/c1-21(6-11-30(37)33(5)24-14-18-34(19-15-24)22(2)35)27-9-10-28-26-8-7-23-20-25(36)12-16-31(23,3)29(26)13-17-32(27,28)4/h7,21,24-29,36H,6,8-20H2,1-5H3/t21-,25+,26+,27-,28+,29+,31+,32-/m1/s1. The molecule has 0 aromatic heterocycles. The minimum absolute atomic E-state index is 0.128. The van der Waals surface area contributed by atoms with Gasteiger partial charge in [-0.1, -0.05) is 32.4 Å². The number of likely N-dealkylation sites (tertiary alicyclic amines) is 1. The predicted octanol–water partition coefficient (Wildman–Crippen LogP) is 5.81. The SMILES string of the molecule is CC(=O)N1CCC(N(C)C(=O)CC[C@@H](C)[C@H]2CC[C@H]3[C@@H]4CC=C5C[C@@H](O)CC[C@]5(C)[C@H]4CC[C@]23C)CC1. The highest BCUT2D eigenvalue weighted by Crippen LogP contribution is 2.67. The number of hydrogen-bond donors (Lipinski definition) is 1. The van der Waals surface area contributed by atoms with Gasteiger partial charge in [0.25, 0.3) is 0 Å². The van der Waals surface area contributed by atoms with E-state index < -0.39 is 0 Å². The summed E-state index contributed by atoms with van der Waals surface area (Å²) in [6.07, 6.45) is 15.5. The Labute approximate surface area is 225 Å². The Bertz CT molecular complexity index is 908. The fourth-order valence-electron chi connectivity index (χ4n) is 10.1. The third-order valence-electron chi connectivity index (χ3n) is 12.5. The highest BCUT2D eigenvalue weighted by molar-refractivity contribution is 5.76. The van der Waals surface area contributed by atoms with Gasteiger partial charge in [0.05, 0.1) is 6.10 Å². The number of carbonyl (C=O) groups excluding carboxylic acids is 2. The van der Waals surface area contributed by atoms with Crippen LogP contribution in [0.2, 0.25) is 0 Å². The van der Waals surface area contributed by atoms with Crippen LogP contribution in [0.1, 0.15) is 105 Å². The quantitative estimate of drug-likeness (QED) is 0.473. The smallest absolute Gasteiger partial charge is 0.222 e. The van der Waals surface area contributed by atoms with Gasteiger partial charge in [-0.2, -0.15) is 0 Å². The van der Waals surface area contributed by atoms with Crippen molar-refractivity contribution in [2.24, 2.45) is 40.4 Å². The van der Waals surface area contributed by atoms with Gasteiger partial charge in [-0.05, 0) is 111 Å². The van der Waals surface area contributed by atoms with E-state index in [9.17, 15) is 14.7 Å². The van der Waals surface area contributed by atoms with Crippen LogP contribution in [0.5, 0.6) is 0 Å². The van der Waals surface area contributed by atoms with Crippen molar-refractivity contribution in [1.29, 1.82) is 0 Å². The first-order valence-electron chi connectivity index (χ1n) is 15.4. The summed E-state index contributed by atoms with van der Waals surface area (Å²) in [5.41, 5.74) is 2.28. The minimum atomic E-state index is -0.128. The van der Waals surface area contributed by atoms with E-state index in [0.717, 1.165) is 75.3 Å². The van der Waals surface area contributed by atoms with E-state index in [1.165, 1.54) is 32.1 Å². The molecule has 37 heavy (non-hydrogen) atoms. The number of hydrogen-bond acceptors (Lipinski definition) is 3. The first-order chi connectivity index (χ1) is 17.5. The summed E-state index contributed by atoms with van der Waals surface area (Å²) in [5, 5.41) is 10.3. The monoisotopic (exact) mass is 512 g/mol. The van der Waals surface area contributed by atoms with Crippen LogP contribution >= 0.6 is 0 Å². The molecule has 5 nitrogen and oxygen atoms in total. The summed E-state index contributed by atoms with van der Waals surface area (Å²) in [6.45, 7) is 10.7. The molecular weight excluding hydrogens is 460 g/mol. The van der Waals surface area contributed by atoms with Crippen LogP contribution in [0.25, 0.3) is 0 Å². The highest BCUT2D eigenvalue weighted by atomic mass is 16.3. The van der Waals surface area contributed by atoms with Gasteiger partial charge < -0.3 is 14.9 Å². The zero-order valence-corrected chi connectivity index (χ0v) is 24.2. The maximum absolute atomic E-state index is 13.1. The van der Waals surface area contributed by atoms with Gasteiger partial charge in [0.15, 0.2) is 0 Å². The van der Waals surface area contributed by atoms with Crippen LogP contribution < -0.4 is 0 Å². The van der Waals surface area contributed by atoms with E-state index in [1.807, 2.05) is 16.8 Å². The second-order valence-electron chi connectivity index (χ2n) is 14.1. The van der Waals surface area contributed by atoms with Crippen molar-refractivity contribution in [2.45, 2.75) is 117 Å². The van der Waals surface area contributed by atoms with Gasteiger partial charge in [-0.3, -0.25) is 9.59 Å². The van der Waals surface area contributed by atoms with Gasteiger partial charge in [0.1, 0.15) is 0 Å². The molecule has 1 aliphatic heterocycles. The van der Waals surface area contributed by atoms with Gasteiger partial charge >= 0.3 is 0 Å². The predicted molar refractivity (Wildman–Crippen MR) is 148 cm³/mol. The van der Waals surface area contributed by atoms with E-state index in [4.69, 9.17) is 0 Å². The third kappa shape index (κ3) is 4.80. The molecule has 8 atom stereocenters. The molecule has 0 unspecified atom stereocenters. The van der Waals surface area contributed by atoms with Crippen LogP contribution in [0, 0.1) is 40.4 Å². The number of nitrogens with zero attached hydrogens (tertiary/aromatic N) is 2. The second-order valence-corrected chi connectivity index (χ2v) is 14.1. The number of aliphatic hydroxyl groups is 1. The maximum atomic E-state index is 13.1. The molecule has 1 heterocycles. The minimum Gasteiger partial charge on any atom is -0.393 e. The van der Waals surface area contributed by atoms with Crippen molar-refractivity contribution in [3.63, 3.8) is 0 Å². The maximum Gasteiger partial charge on any atom is 0.222 e. The van der Waals surface area contributed by atoms with E-state index >= 15 is 0 Å². The highest BCUT2D eigenvalue weighted by Gasteiger charge is 2.59. The first kappa shape index (κ1) is 27.2. The van der Waals surface area contributed by atoms with Gasteiger partial charge in [-0.25, -0.2) is 0 Å². The number of fused-ring (bicyclic) bond motifs is 5. The van der Waals surface area contributed by atoms with E-state index in [2.05, 4.69) is 26.8 Å². The van der Waals surface area contributed by atoms with Crippen LogP contribution in [0.4, 0.5) is 0 Å². The topological polar surface area (TPSA) is 60.9 Å². The summed E-state index contributed by atoms with van der Waals surface area (Å²) in [7, 11) is 1.98. The Morgan fingerprint density at radius 2 is 1.81 bits per heavy atom. The van der Waals surface area contributed by atoms with Crippen molar-refractivity contribution in [1.82, 2.24) is 9.80 Å². The zero-order valence-electron chi connectivity index (χ0n) is 24.2. The number of allylic oxidation sites excluding steroid dienone is 1. The molecule has 0 bridgehead atoms. The number of carbonyl (C=O) groups is 2. The zero-order chi connectivity index (χ0) is 26.5. The molecule has 3 saturated carbocycles. The molecule has 4 aliphatic carbocycles. The summed E-state index contributed by atoms with van der Waals surface area (Å²) in [5.74, 6) is 4.14. The summed E-state index contributed by atoms with van der Waals surface area (Å²) < 4.78 is 0. The molecule has 5 aliphatic rings. The molecule has 0 aromatic carbocycles. The lowest BCUT2D eigenvalue weighted by molar-refractivity contribution is -0.135. The Kier molecular flexibility index (Phi) is 7.59. The summed E-state index contributed by atoms with van der Waals surface area (Å²) in [4.78, 5) is 28.7. The molecule has 4 fully saturated rings. The van der Waals surface area contributed by atoms with Crippen molar-refractivity contribution < 1.29 is 14.7 Å². The molecular formula is C32H52N2O3. The molecule has 5 rings (SSSR count). The van der Waals surface area contributed by atoms with E-state index in [0.29, 0.717) is 23.2 Å². The van der Waals surface area contributed by atoms with E-state index in [-0.39, 0.29) is 24.0 Å². The number of piperidine rings is 1.